The van der Waals surface area contributed by atoms with Gasteiger partial charge in [-0.3, -0.25) is 4.79 Å². The highest BCUT2D eigenvalue weighted by atomic mass is 35.5. The van der Waals surface area contributed by atoms with E-state index in [1.165, 1.54) is 30.3 Å². The number of aliphatic hydroxyl groups excluding tert-OH is 2. The third-order valence-corrected chi connectivity index (χ3v) is 8.49. The van der Waals surface area contributed by atoms with Crippen molar-refractivity contribution in [3.05, 3.63) is 81.6 Å². The minimum absolute atomic E-state index is 0.127. The van der Waals surface area contributed by atoms with Gasteiger partial charge in [-0.1, -0.05) is 35.3 Å². The number of rotatable bonds is 15. The zero-order valence-electron chi connectivity index (χ0n) is 24.7. The van der Waals surface area contributed by atoms with Crippen molar-refractivity contribution in [1.82, 2.24) is 14.6 Å². The van der Waals surface area contributed by atoms with E-state index < -0.39 is 23.8 Å². The largest absolute Gasteiger partial charge is 0.481 e. The van der Waals surface area contributed by atoms with Gasteiger partial charge in [0.05, 0.1) is 21.0 Å². The van der Waals surface area contributed by atoms with Crippen molar-refractivity contribution in [2.24, 2.45) is 0 Å². The highest BCUT2D eigenvalue weighted by molar-refractivity contribution is 7.97. The third-order valence-electron chi connectivity index (χ3n) is 6.58. The number of likely N-dealkylation sites (N-methyl/N-ethyl adjacent to an activating group) is 1. The number of carboxylic acids is 1. The first-order valence-electron chi connectivity index (χ1n) is 13.7. The Kier molecular flexibility index (Phi) is 15.3. The maximum Gasteiger partial charge on any atom is 0.303 e. The SMILES string of the molecule is CN(CC(O)CNC(C)(C)CCCc1ccnc(F)c1)Sc1c(Cl)cc(-c2c(F)cccc2CCC(=O)O)cc1Cl.CO. The topological polar surface area (TPSA) is 106 Å². The van der Waals surface area contributed by atoms with Crippen LogP contribution in [0.3, 0.4) is 0 Å². The van der Waals surface area contributed by atoms with Gasteiger partial charge in [-0.15, -0.1) is 0 Å². The second kappa shape index (κ2) is 17.9. The second-order valence-electron chi connectivity index (χ2n) is 10.6. The molecule has 0 bridgehead atoms. The number of hydrogen-bond donors (Lipinski definition) is 4. The van der Waals surface area contributed by atoms with Crippen LogP contribution in [0.5, 0.6) is 0 Å². The average molecular weight is 659 g/mol. The van der Waals surface area contributed by atoms with Crippen LogP contribution >= 0.6 is 35.1 Å². The lowest BCUT2D eigenvalue weighted by Crippen LogP contribution is -2.45. The molecule has 0 radical (unpaired) electrons. The van der Waals surface area contributed by atoms with Crippen molar-refractivity contribution in [3.8, 4) is 11.1 Å². The van der Waals surface area contributed by atoms with Crippen molar-refractivity contribution in [3.63, 3.8) is 0 Å². The normalized spacial score (nSPS) is 12.2. The fourth-order valence-corrected chi connectivity index (χ4v) is 6.05. The van der Waals surface area contributed by atoms with E-state index in [0.29, 0.717) is 39.2 Å². The lowest BCUT2D eigenvalue weighted by molar-refractivity contribution is -0.136. The van der Waals surface area contributed by atoms with Crippen LogP contribution in [-0.4, -0.2) is 69.5 Å². The number of halogens is 4. The zero-order valence-corrected chi connectivity index (χ0v) is 27.0. The van der Waals surface area contributed by atoms with Crippen molar-refractivity contribution in [2.75, 3.05) is 27.2 Å². The molecule has 1 unspecified atom stereocenters. The first-order chi connectivity index (χ1) is 20.3. The van der Waals surface area contributed by atoms with Gasteiger partial charge in [0.15, 0.2) is 0 Å². The fourth-order valence-electron chi connectivity index (χ4n) is 4.50. The molecule has 0 spiro atoms. The third kappa shape index (κ3) is 12.3. The van der Waals surface area contributed by atoms with Gasteiger partial charge in [-0.25, -0.2) is 13.7 Å². The number of pyridine rings is 1. The zero-order chi connectivity index (χ0) is 32.2. The summed E-state index contributed by atoms with van der Waals surface area (Å²) < 4.78 is 29.9. The smallest absolute Gasteiger partial charge is 0.303 e. The second-order valence-corrected chi connectivity index (χ2v) is 12.6. The summed E-state index contributed by atoms with van der Waals surface area (Å²) in [4.78, 5) is 15.2. The van der Waals surface area contributed by atoms with Gasteiger partial charge in [0, 0.05) is 43.9 Å². The number of nitrogens with one attached hydrogen (secondary N) is 1. The summed E-state index contributed by atoms with van der Waals surface area (Å²) in [5.41, 5.74) is 1.98. The number of benzene rings is 2. The number of aliphatic carboxylic acids is 1. The van der Waals surface area contributed by atoms with Crippen LogP contribution in [0.4, 0.5) is 8.78 Å². The Bertz CT molecular complexity index is 1330. The summed E-state index contributed by atoms with van der Waals surface area (Å²) in [6.45, 7) is 4.82. The Morgan fingerprint density at radius 3 is 2.42 bits per heavy atom. The number of aliphatic hydroxyl groups is 2. The number of aryl methyl sites for hydroxylation is 2. The van der Waals surface area contributed by atoms with E-state index in [9.17, 15) is 18.7 Å². The van der Waals surface area contributed by atoms with Crippen molar-refractivity contribution >= 4 is 41.1 Å². The molecule has 0 fully saturated rings. The molecule has 7 nitrogen and oxygen atoms in total. The number of carboxylic acid groups (broad SMARTS) is 1. The molecule has 43 heavy (non-hydrogen) atoms. The van der Waals surface area contributed by atoms with E-state index in [2.05, 4.69) is 24.1 Å². The summed E-state index contributed by atoms with van der Waals surface area (Å²) in [5, 5.41) is 30.8. The quantitative estimate of drug-likeness (QED) is 0.106. The molecular weight excluding hydrogens is 619 g/mol. The summed E-state index contributed by atoms with van der Waals surface area (Å²) in [6, 6.07) is 11.1. The highest BCUT2D eigenvalue weighted by Crippen LogP contribution is 2.40. The maximum absolute atomic E-state index is 14.8. The van der Waals surface area contributed by atoms with Crippen LogP contribution in [0.25, 0.3) is 11.1 Å². The van der Waals surface area contributed by atoms with Crippen LogP contribution in [0.2, 0.25) is 10.0 Å². The molecule has 0 aliphatic heterocycles. The molecule has 3 rings (SSSR count). The number of nitrogens with zero attached hydrogens (tertiary/aromatic N) is 2. The maximum atomic E-state index is 14.8. The Balaban J connectivity index is 0.00000316. The number of carbonyl (C=O) groups is 1. The molecule has 4 N–H and O–H groups in total. The molecule has 236 valence electrons. The molecule has 1 aromatic heterocycles. The summed E-state index contributed by atoms with van der Waals surface area (Å²) >= 11 is 14.4. The summed E-state index contributed by atoms with van der Waals surface area (Å²) in [6.07, 6.45) is 3.28. The Hall–Kier alpha value is -2.31. The number of β-amino-alcohol motifs (C(OH)–C–C–N with tert-alkyl or cyclic N) is 1. The van der Waals surface area contributed by atoms with Gasteiger partial charge in [0.1, 0.15) is 5.82 Å². The number of hydrogen-bond acceptors (Lipinski definition) is 7. The van der Waals surface area contributed by atoms with Crippen molar-refractivity contribution < 1.29 is 28.9 Å². The van der Waals surface area contributed by atoms with E-state index in [0.717, 1.165) is 31.9 Å². The molecule has 0 saturated carbocycles. The van der Waals surface area contributed by atoms with E-state index in [1.54, 1.807) is 24.3 Å². The van der Waals surface area contributed by atoms with Gasteiger partial charge < -0.3 is 20.6 Å². The highest BCUT2D eigenvalue weighted by Gasteiger charge is 2.21. The van der Waals surface area contributed by atoms with Gasteiger partial charge in [0.2, 0.25) is 5.95 Å². The van der Waals surface area contributed by atoms with Crippen molar-refractivity contribution in [2.45, 2.75) is 62.5 Å². The molecule has 0 aliphatic carbocycles. The molecule has 12 heteroatoms. The van der Waals surface area contributed by atoms with Gasteiger partial charge in [-0.05, 0) is 106 Å². The van der Waals surface area contributed by atoms with Crippen LogP contribution in [0, 0.1) is 11.8 Å². The van der Waals surface area contributed by atoms with Crippen molar-refractivity contribution in [1.29, 1.82) is 0 Å². The monoisotopic (exact) mass is 657 g/mol. The fraction of sp³-hybridized carbons (Fsp3) is 0.419. The van der Waals surface area contributed by atoms with Gasteiger partial charge in [-0.2, -0.15) is 4.39 Å². The minimum Gasteiger partial charge on any atom is -0.481 e. The van der Waals surface area contributed by atoms with Crippen LogP contribution in [0.1, 0.15) is 44.2 Å². The molecule has 2 aromatic carbocycles. The predicted octanol–water partition coefficient (Wildman–Crippen LogP) is 6.65. The first kappa shape index (κ1) is 36.9. The lowest BCUT2D eigenvalue weighted by Gasteiger charge is -2.29. The van der Waals surface area contributed by atoms with Crippen LogP contribution in [0.15, 0.2) is 53.6 Å². The van der Waals surface area contributed by atoms with E-state index in [1.807, 2.05) is 17.4 Å². The first-order valence-corrected chi connectivity index (χ1v) is 15.2. The Morgan fingerprint density at radius 2 is 1.79 bits per heavy atom. The average Bonchev–Trinajstić information content (AvgIpc) is 2.94. The molecule has 0 amide bonds. The molecule has 3 aromatic rings. The Morgan fingerprint density at radius 1 is 1.12 bits per heavy atom. The van der Waals surface area contributed by atoms with E-state index in [-0.39, 0.29) is 23.9 Å². The predicted molar refractivity (Wildman–Crippen MR) is 170 cm³/mol. The van der Waals surface area contributed by atoms with E-state index >= 15 is 0 Å². The summed E-state index contributed by atoms with van der Waals surface area (Å²) in [7, 11) is 2.81. The van der Waals surface area contributed by atoms with Gasteiger partial charge >= 0.3 is 5.97 Å². The van der Waals surface area contributed by atoms with Gasteiger partial charge in [0.25, 0.3) is 0 Å². The molecule has 0 saturated heterocycles. The standard InChI is InChI=1S/C30H35Cl2F2N3O3S.CH4O/c1-30(2,12-5-6-19-11-13-35-26(34)14-19)36-17-22(38)18-37(3)41-29-23(31)15-21(16-24(29)32)28-20(9-10-27(39)40)7-4-8-25(28)33;1-2/h4,7-8,11,13-16,22,36,38H,5-6,9-10,12,17-18H2,1-3H3,(H,39,40);2H,1H3. The Labute approximate surface area is 266 Å². The van der Waals surface area contributed by atoms with Crippen LogP contribution in [-0.2, 0) is 17.6 Å². The molecule has 1 atom stereocenters. The van der Waals surface area contributed by atoms with E-state index in [4.69, 9.17) is 33.4 Å². The minimum atomic E-state index is -0.967. The molecular formula is C31H39Cl2F2N3O4S. The molecule has 1 heterocycles. The molecule has 0 aliphatic rings. The lowest BCUT2D eigenvalue weighted by atomic mass is 9.95. The number of aromatic nitrogens is 1. The summed E-state index contributed by atoms with van der Waals surface area (Å²) in [5.74, 6) is -1.93. The van der Waals surface area contributed by atoms with Crippen LogP contribution < -0.4 is 5.32 Å².